The van der Waals surface area contributed by atoms with Crippen molar-refractivity contribution in [2.24, 2.45) is 0 Å². The fourth-order valence-electron chi connectivity index (χ4n) is 2.31. The minimum atomic E-state index is -0.124. The Morgan fingerprint density at radius 3 is 2.35 bits per heavy atom. The summed E-state index contributed by atoms with van der Waals surface area (Å²) in [6.45, 7) is 8.04. The number of nitrogens with one attached hydrogen (secondary N) is 1. The number of aryl methyl sites for hydroxylation is 4. The monoisotopic (exact) mass is 269 g/mol. The molecule has 0 unspecified atom stereocenters. The normalized spacial score (nSPS) is 10.4. The zero-order chi connectivity index (χ0) is 14.7. The first-order valence-electron chi connectivity index (χ1n) is 6.63. The second-order valence-electron chi connectivity index (χ2n) is 4.99. The summed E-state index contributed by atoms with van der Waals surface area (Å²) in [7, 11) is 0. The van der Waals surface area contributed by atoms with Crippen LogP contribution in [-0.4, -0.2) is 15.9 Å². The number of carbonyl (C=O) groups is 1. The van der Waals surface area contributed by atoms with Gasteiger partial charge in [0.15, 0.2) is 0 Å². The van der Waals surface area contributed by atoms with Gasteiger partial charge in [-0.05, 0) is 33.3 Å². The fraction of sp³-hybridized carbons (Fsp3) is 0.312. The van der Waals surface area contributed by atoms with E-state index >= 15 is 0 Å². The van der Waals surface area contributed by atoms with Crippen LogP contribution in [0.15, 0.2) is 24.3 Å². The minimum absolute atomic E-state index is 0.124. The maximum absolute atomic E-state index is 12.3. The molecule has 1 aromatic carbocycles. The SMILES string of the molecule is Cc1cccc(CNC(=O)c2c(C)nc(C)nc2C)c1. The Labute approximate surface area is 119 Å². The first kappa shape index (κ1) is 14.2. The Balaban J connectivity index is 2.13. The van der Waals surface area contributed by atoms with Crippen molar-refractivity contribution in [3.63, 3.8) is 0 Å². The van der Waals surface area contributed by atoms with Gasteiger partial charge in [0.25, 0.3) is 5.91 Å². The van der Waals surface area contributed by atoms with E-state index in [9.17, 15) is 4.79 Å². The van der Waals surface area contributed by atoms with Crippen molar-refractivity contribution >= 4 is 5.91 Å². The summed E-state index contributed by atoms with van der Waals surface area (Å²) in [4.78, 5) is 20.8. The summed E-state index contributed by atoms with van der Waals surface area (Å²) in [6, 6.07) is 8.08. The van der Waals surface area contributed by atoms with Gasteiger partial charge in [0, 0.05) is 6.54 Å². The first-order valence-corrected chi connectivity index (χ1v) is 6.63. The van der Waals surface area contributed by atoms with Crippen LogP contribution in [0.2, 0.25) is 0 Å². The van der Waals surface area contributed by atoms with E-state index in [-0.39, 0.29) is 5.91 Å². The highest BCUT2D eigenvalue weighted by molar-refractivity contribution is 5.96. The van der Waals surface area contributed by atoms with Crippen LogP contribution in [0.4, 0.5) is 0 Å². The maximum atomic E-state index is 12.3. The summed E-state index contributed by atoms with van der Waals surface area (Å²) in [6.07, 6.45) is 0. The van der Waals surface area contributed by atoms with Crippen molar-refractivity contribution in [1.29, 1.82) is 0 Å². The summed E-state index contributed by atoms with van der Waals surface area (Å²) in [5.74, 6) is 0.566. The van der Waals surface area contributed by atoms with Gasteiger partial charge in [-0.2, -0.15) is 0 Å². The Morgan fingerprint density at radius 1 is 1.10 bits per heavy atom. The van der Waals surface area contributed by atoms with Crippen LogP contribution in [0.5, 0.6) is 0 Å². The second kappa shape index (κ2) is 5.82. The lowest BCUT2D eigenvalue weighted by Gasteiger charge is -2.10. The maximum Gasteiger partial charge on any atom is 0.255 e. The third kappa shape index (κ3) is 3.20. The molecule has 0 radical (unpaired) electrons. The average molecular weight is 269 g/mol. The van der Waals surface area contributed by atoms with E-state index in [1.54, 1.807) is 0 Å². The van der Waals surface area contributed by atoms with Gasteiger partial charge in [-0.3, -0.25) is 4.79 Å². The molecule has 0 atom stereocenters. The zero-order valence-corrected chi connectivity index (χ0v) is 12.3. The largest absolute Gasteiger partial charge is 0.348 e. The number of amides is 1. The molecule has 2 aromatic rings. The zero-order valence-electron chi connectivity index (χ0n) is 12.3. The first-order chi connectivity index (χ1) is 9.47. The van der Waals surface area contributed by atoms with E-state index in [2.05, 4.69) is 21.4 Å². The molecule has 0 bridgehead atoms. The molecule has 0 aliphatic heterocycles. The molecule has 0 spiro atoms. The summed E-state index contributed by atoms with van der Waals surface area (Å²) >= 11 is 0. The number of aromatic nitrogens is 2. The van der Waals surface area contributed by atoms with Crippen molar-refractivity contribution in [1.82, 2.24) is 15.3 Å². The molecule has 0 saturated heterocycles. The van der Waals surface area contributed by atoms with E-state index in [1.807, 2.05) is 45.9 Å². The van der Waals surface area contributed by atoms with Crippen LogP contribution in [0.1, 0.15) is 38.7 Å². The number of rotatable bonds is 3. The van der Waals surface area contributed by atoms with Gasteiger partial charge in [-0.1, -0.05) is 29.8 Å². The highest BCUT2D eigenvalue weighted by Gasteiger charge is 2.14. The highest BCUT2D eigenvalue weighted by Crippen LogP contribution is 2.10. The lowest BCUT2D eigenvalue weighted by molar-refractivity contribution is 0.0948. The molecule has 0 fully saturated rings. The molecular weight excluding hydrogens is 250 g/mol. The smallest absolute Gasteiger partial charge is 0.255 e. The van der Waals surface area contributed by atoms with Gasteiger partial charge >= 0.3 is 0 Å². The van der Waals surface area contributed by atoms with Gasteiger partial charge in [0.2, 0.25) is 0 Å². The summed E-state index contributed by atoms with van der Waals surface area (Å²) in [5, 5.41) is 2.92. The molecule has 104 valence electrons. The van der Waals surface area contributed by atoms with Gasteiger partial charge in [-0.15, -0.1) is 0 Å². The second-order valence-corrected chi connectivity index (χ2v) is 4.99. The van der Waals surface area contributed by atoms with Crippen LogP contribution in [0.3, 0.4) is 0 Å². The molecule has 1 N–H and O–H groups in total. The Kier molecular flexibility index (Phi) is 4.13. The molecule has 4 heteroatoms. The number of hydrogen-bond acceptors (Lipinski definition) is 3. The predicted octanol–water partition coefficient (Wildman–Crippen LogP) is 2.64. The summed E-state index contributed by atoms with van der Waals surface area (Å²) in [5.41, 5.74) is 4.28. The molecule has 0 aliphatic carbocycles. The van der Waals surface area contributed by atoms with Crippen LogP contribution >= 0.6 is 0 Å². The molecule has 1 aromatic heterocycles. The van der Waals surface area contributed by atoms with Gasteiger partial charge in [-0.25, -0.2) is 9.97 Å². The third-order valence-electron chi connectivity index (χ3n) is 3.15. The lowest BCUT2D eigenvalue weighted by Crippen LogP contribution is -2.25. The van der Waals surface area contributed by atoms with E-state index in [4.69, 9.17) is 0 Å². The van der Waals surface area contributed by atoms with Crippen molar-refractivity contribution in [2.45, 2.75) is 34.2 Å². The number of hydrogen-bond donors (Lipinski definition) is 1. The molecular formula is C16H19N3O. The van der Waals surface area contributed by atoms with Crippen molar-refractivity contribution in [3.05, 3.63) is 58.2 Å². The van der Waals surface area contributed by atoms with E-state index < -0.39 is 0 Å². The predicted molar refractivity (Wildman–Crippen MR) is 78.6 cm³/mol. The quantitative estimate of drug-likeness (QED) is 0.932. The Hall–Kier alpha value is -2.23. The van der Waals surface area contributed by atoms with Crippen molar-refractivity contribution in [2.75, 3.05) is 0 Å². The Bertz CT molecular complexity index is 627. The van der Waals surface area contributed by atoms with Crippen LogP contribution in [0, 0.1) is 27.7 Å². The average Bonchev–Trinajstić information content (AvgIpc) is 2.35. The molecule has 0 aliphatic rings. The number of benzene rings is 1. The fourth-order valence-corrected chi connectivity index (χ4v) is 2.31. The molecule has 20 heavy (non-hydrogen) atoms. The van der Waals surface area contributed by atoms with Crippen LogP contribution < -0.4 is 5.32 Å². The number of nitrogens with zero attached hydrogens (tertiary/aromatic N) is 2. The van der Waals surface area contributed by atoms with E-state index in [1.165, 1.54) is 5.56 Å². The third-order valence-corrected chi connectivity index (χ3v) is 3.15. The summed E-state index contributed by atoms with van der Waals surface area (Å²) < 4.78 is 0. The van der Waals surface area contributed by atoms with Crippen LogP contribution in [0.25, 0.3) is 0 Å². The standard InChI is InChI=1S/C16H19N3O/c1-10-6-5-7-14(8-10)9-17-16(20)15-11(2)18-13(4)19-12(15)3/h5-8H,9H2,1-4H3,(H,17,20). The van der Waals surface area contributed by atoms with Crippen LogP contribution in [-0.2, 0) is 6.54 Å². The molecule has 2 rings (SSSR count). The van der Waals surface area contributed by atoms with E-state index in [0.717, 1.165) is 17.0 Å². The van der Waals surface area contributed by atoms with Crippen molar-refractivity contribution in [3.8, 4) is 0 Å². The molecule has 1 amide bonds. The minimum Gasteiger partial charge on any atom is -0.348 e. The molecule has 4 nitrogen and oxygen atoms in total. The van der Waals surface area contributed by atoms with E-state index in [0.29, 0.717) is 17.9 Å². The van der Waals surface area contributed by atoms with Crippen molar-refractivity contribution < 1.29 is 4.79 Å². The number of carbonyl (C=O) groups excluding carboxylic acids is 1. The van der Waals surface area contributed by atoms with Gasteiger partial charge < -0.3 is 5.32 Å². The Morgan fingerprint density at radius 2 is 1.75 bits per heavy atom. The lowest BCUT2D eigenvalue weighted by atomic mass is 10.1. The highest BCUT2D eigenvalue weighted by atomic mass is 16.1. The molecule has 1 heterocycles. The molecule has 0 saturated carbocycles. The van der Waals surface area contributed by atoms with Gasteiger partial charge in [0.1, 0.15) is 5.82 Å². The topological polar surface area (TPSA) is 54.9 Å². The van der Waals surface area contributed by atoms with Gasteiger partial charge in [0.05, 0.1) is 17.0 Å².